The van der Waals surface area contributed by atoms with Crippen LogP contribution in [0.2, 0.25) is 0 Å². The Morgan fingerprint density at radius 3 is 2.86 bits per heavy atom. The molecule has 0 saturated carbocycles. The standard InChI is InChI=1S/C4H7NOS/c7-4-2-1-3-6-5-4/h1-3H2,(H,5,7). The van der Waals surface area contributed by atoms with E-state index in [1.54, 1.807) is 0 Å². The number of nitrogens with one attached hydrogen (secondary N) is 1. The second-order valence-electron chi connectivity index (χ2n) is 1.48. The van der Waals surface area contributed by atoms with Crippen molar-refractivity contribution in [1.29, 1.82) is 0 Å². The Kier molecular flexibility index (Phi) is 1.59. The molecule has 0 amide bonds. The first-order valence-electron chi connectivity index (χ1n) is 2.30. The minimum absolute atomic E-state index is 0.792. The van der Waals surface area contributed by atoms with Gasteiger partial charge in [-0.1, -0.05) is 12.2 Å². The highest BCUT2D eigenvalue weighted by Gasteiger charge is 2.01. The van der Waals surface area contributed by atoms with Gasteiger partial charge in [0.2, 0.25) is 0 Å². The Balaban J connectivity index is 2.25. The number of hydrogen-bond donors (Lipinski definition) is 1. The third-order valence-corrected chi connectivity index (χ3v) is 1.12. The molecule has 1 fully saturated rings. The van der Waals surface area contributed by atoms with Crippen LogP contribution in [-0.4, -0.2) is 11.6 Å². The molecule has 1 rings (SSSR count). The van der Waals surface area contributed by atoms with E-state index < -0.39 is 0 Å². The summed E-state index contributed by atoms with van der Waals surface area (Å²) in [5, 5.41) is 0. The van der Waals surface area contributed by atoms with Gasteiger partial charge in [-0.3, -0.25) is 10.3 Å². The highest BCUT2D eigenvalue weighted by molar-refractivity contribution is 7.80. The zero-order valence-corrected chi connectivity index (χ0v) is 4.75. The number of hydrogen-bond acceptors (Lipinski definition) is 2. The summed E-state index contributed by atoms with van der Waals surface area (Å²) in [6.45, 7) is 0.792. The van der Waals surface area contributed by atoms with Crippen molar-refractivity contribution < 1.29 is 4.84 Å². The topological polar surface area (TPSA) is 21.3 Å². The van der Waals surface area contributed by atoms with Gasteiger partial charge in [0.1, 0.15) is 4.99 Å². The first-order valence-corrected chi connectivity index (χ1v) is 2.71. The average Bonchev–Trinajstić information content (AvgIpc) is 1.69. The number of thiocarbonyl (C=S) groups is 1. The Labute approximate surface area is 47.8 Å². The molecule has 0 aromatic heterocycles. The SMILES string of the molecule is S=C1CCCON1. The van der Waals surface area contributed by atoms with Gasteiger partial charge >= 0.3 is 0 Å². The van der Waals surface area contributed by atoms with Crippen molar-refractivity contribution in [3.05, 3.63) is 0 Å². The predicted molar refractivity (Wildman–Crippen MR) is 30.9 cm³/mol. The van der Waals surface area contributed by atoms with Gasteiger partial charge in [0.25, 0.3) is 0 Å². The molecule has 1 heterocycles. The maximum Gasteiger partial charge on any atom is 0.100 e. The van der Waals surface area contributed by atoms with E-state index in [0.29, 0.717) is 0 Å². The van der Waals surface area contributed by atoms with Crippen LogP contribution < -0.4 is 5.48 Å². The van der Waals surface area contributed by atoms with E-state index in [2.05, 4.69) is 5.48 Å². The molecule has 1 N–H and O–H groups in total. The molecular weight excluding hydrogens is 110 g/mol. The first kappa shape index (κ1) is 5.00. The molecular formula is C4H7NOS. The van der Waals surface area contributed by atoms with Gasteiger partial charge in [-0.2, -0.15) is 0 Å². The summed E-state index contributed by atoms with van der Waals surface area (Å²) in [6.07, 6.45) is 2.04. The van der Waals surface area contributed by atoms with Crippen LogP contribution in [0, 0.1) is 0 Å². The lowest BCUT2D eigenvalue weighted by Crippen LogP contribution is -2.27. The average molecular weight is 117 g/mol. The van der Waals surface area contributed by atoms with E-state index >= 15 is 0 Å². The molecule has 0 spiro atoms. The van der Waals surface area contributed by atoms with Gasteiger partial charge in [0.15, 0.2) is 0 Å². The van der Waals surface area contributed by atoms with Crippen LogP contribution in [-0.2, 0) is 4.84 Å². The molecule has 0 radical (unpaired) electrons. The molecule has 0 unspecified atom stereocenters. The Morgan fingerprint density at radius 2 is 2.57 bits per heavy atom. The highest BCUT2D eigenvalue weighted by atomic mass is 32.1. The maximum atomic E-state index is 4.79. The van der Waals surface area contributed by atoms with Crippen LogP contribution in [0.3, 0.4) is 0 Å². The molecule has 0 aliphatic carbocycles. The lowest BCUT2D eigenvalue weighted by atomic mass is 10.3. The van der Waals surface area contributed by atoms with Crippen LogP contribution in [0.5, 0.6) is 0 Å². The van der Waals surface area contributed by atoms with Crippen molar-refractivity contribution in [2.75, 3.05) is 6.61 Å². The van der Waals surface area contributed by atoms with Crippen molar-refractivity contribution in [1.82, 2.24) is 5.48 Å². The molecule has 1 aliphatic heterocycles. The van der Waals surface area contributed by atoms with E-state index in [-0.39, 0.29) is 0 Å². The summed E-state index contributed by atoms with van der Waals surface area (Å²) in [7, 11) is 0. The largest absolute Gasteiger partial charge is 0.276 e. The Bertz CT molecular complexity index is 75.8. The molecule has 0 aromatic rings. The van der Waals surface area contributed by atoms with Crippen LogP contribution >= 0.6 is 12.2 Å². The second kappa shape index (κ2) is 2.23. The summed E-state index contributed by atoms with van der Waals surface area (Å²) in [4.78, 5) is 5.62. The zero-order valence-electron chi connectivity index (χ0n) is 3.94. The highest BCUT2D eigenvalue weighted by Crippen LogP contribution is 1.96. The fourth-order valence-electron chi connectivity index (χ4n) is 0.487. The molecule has 0 atom stereocenters. The molecule has 40 valence electrons. The molecule has 7 heavy (non-hydrogen) atoms. The molecule has 3 heteroatoms. The van der Waals surface area contributed by atoms with E-state index in [0.717, 1.165) is 24.4 Å². The third-order valence-electron chi connectivity index (χ3n) is 0.836. The molecule has 0 bridgehead atoms. The summed E-state index contributed by atoms with van der Waals surface area (Å²) in [5.41, 5.74) is 2.61. The summed E-state index contributed by atoms with van der Waals surface area (Å²) in [5.74, 6) is 0. The van der Waals surface area contributed by atoms with Crippen molar-refractivity contribution >= 4 is 17.2 Å². The van der Waals surface area contributed by atoms with Crippen molar-refractivity contribution in [3.63, 3.8) is 0 Å². The Hall–Kier alpha value is -0.150. The fraction of sp³-hybridized carbons (Fsp3) is 0.750. The first-order chi connectivity index (χ1) is 3.39. The normalized spacial score (nSPS) is 21.4. The quantitative estimate of drug-likeness (QED) is 0.470. The van der Waals surface area contributed by atoms with Crippen molar-refractivity contribution in [2.24, 2.45) is 0 Å². The summed E-state index contributed by atoms with van der Waals surface area (Å²) in [6, 6.07) is 0. The van der Waals surface area contributed by atoms with Gasteiger partial charge in [0, 0.05) is 6.42 Å². The van der Waals surface area contributed by atoms with Crippen molar-refractivity contribution in [3.8, 4) is 0 Å². The van der Waals surface area contributed by atoms with Crippen molar-refractivity contribution in [2.45, 2.75) is 12.8 Å². The zero-order chi connectivity index (χ0) is 5.11. The minimum atomic E-state index is 0.792. The second-order valence-corrected chi connectivity index (χ2v) is 1.97. The number of hydroxylamine groups is 1. The van der Waals surface area contributed by atoms with Crippen LogP contribution in [0.4, 0.5) is 0 Å². The van der Waals surface area contributed by atoms with E-state index in [4.69, 9.17) is 17.1 Å². The maximum absolute atomic E-state index is 4.79. The summed E-state index contributed by atoms with van der Waals surface area (Å²) < 4.78 is 0. The van der Waals surface area contributed by atoms with E-state index in [1.807, 2.05) is 0 Å². The Morgan fingerprint density at radius 1 is 1.71 bits per heavy atom. The number of rotatable bonds is 0. The molecule has 1 saturated heterocycles. The van der Waals surface area contributed by atoms with E-state index in [1.165, 1.54) is 0 Å². The molecule has 2 nitrogen and oxygen atoms in total. The van der Waals surface area contributed by atoms with E-state index in [9.17, 15) is 0 Å². The van der Waals surface area contributed by atoms with Gasteiger partial charge in [-0.25, -0.2) is 0 Å². The lowest BCUT2D eigenvalue weighted by molar-refractivity contribution is 0.0702. The predicted octanol–water partition coefficient (Wildman–Crippen LogP) is 0.629. The monoisotopic (exact) mass is 117 g/mol. The van der Waals surface area contributed by atoms with Gasteiger partial charge in [0.05, 0.1) is 6.61 Å². The lowest BCUT2D eigenvalue weighted by Gasteiger charge is -2.12. The van der Waals surface area contributed by atoms with Crippen LogP contribution in [0.1, 0.15) is 12.8 Å². The van der Waals surface area contributed by atoms with Crippen LogP contribution in [0.25, 0.3) is 0 Å². The third kappa shape index (κ3) is 1.41. The smallest absolute Gasteiger partial charge is 0.100 e. The van der Waals surface area contributed by atoms with Crippen LogP contribution in [0.15, 0.2) is 0 Å². The van der Waals surface area contributed by atoms with Gasteiger partial charge in [-0.15, -0.1) is 0 Å². The molecule has 0 aromatic carbocycles. The van der Waals surface area contributed by atoms with Gasteiger partial charge in [-0.05, 0) is 6.42 Å². The molecule has 1 aliphatic rings. The summed E-state index contributed by atoms with van der Waals surface area (Å²) >= 11 is 4.77. The fourth-order valence-corrected chi connectivity index (χ4v) is 0.691. The van der Waals surface area contributed by atoms with Gasteiger partial charge < -0.3 is 0 Å². The minimum Gasteiger partial charge on any atom is -0.276 e.